The Hall–Kier alpha value is -1.22. The topological polar surface area (TPSA) is 206 Å². The predicted octanol–water partition coefficient (Wildman–Crippen LogP) is -4.43. The molecular weight excluding hydrogens is 402 g/mol. The van der Waals surface area contributed by atoms with E-state index in [2.05, 4.69) is 0 Å². The molecule has 1 unspecified atom stereocenters. The molecule has 2 aliphatic rings. The van der Waals surface area contributed by atoms with Crippen LogP contribution in [0.1, 0.15) is 5.56 Å². The highest BCUT2D eigenvalue weighted by Crippen LogP contribution is 2.37. The first-order valence-corrected chi connectivity index (χ1v) is 9.66. The molecule has 2 saturated heterocycles. The lowest BCUT2D eigenvalue weighted by Gasteiger charge is -2.53. The molecule has 170 valence electrons. The van der Waals surface area contributed by atoms with Crippen molar-refractivity contribution in [2.24, 2.45) is 5.73 Å². The van der Waals surface area contributed by atoms with Crippen LogP contribution in [0.2, 0.25) is 0 Å². The highest BCUT2D eigenvalue weighted by molar-refractivity contribution is 5.17. The first kappa shape index (κ1) is 23.4. The number of nitrogens with two attached hydrogens (primary N) is 1. The van der Waals surface area contributed by atoms with Crippen molar-refractivity contribution < 1.29 is 50.3 Å². The lowest BCUT2D eigenvalue weighted by atomic mass is 9.81. The van der Waals surface area contributed by atoms with Crippen molar-refractivity contribution in [3.63, 3.8) is 0 Å². The van der Waals surface area contributed by atoms with Crippen LogP contribution >= 0.6 is 0 Å². The van der Waals surface area contributed by atoms with Crippen LogP contribution in [0.4, 0.5) is 0 Å². The van der Waals surface area contributed by atoms with Gasteiger partial charge in [0.2, 0.25) is 5.79 Å². The Bertz CT molecular complexity index is 693. The fraction of sp³-hybridized carbons (Fsp3) is 0.684. The fourth-order valence-corrected chi connectivity index (χ4v) is 4.00. The minimum atomic E-state index is -2.67. The first-order chi connectivity index (χ1) is 14.1. The third kappa shape index (κ3) is 4.11. The Morgan fingerprint density at radius 3 is 2.17 bits per heavy atom. The van der Waals surface area contributed by atoms with Gasteiger partial charge in [0.25, 0.3) is 0 Å². The zero-order valence-electron chi connectivity index (χ0n) is 16.0. The van der Waals surface area contributed by atoms with E-state index in [1.165, 1.54) is 0 Å². The van der Waals surface area contributed by atoms with Crippen molar-refractivity contribution in [1.82, 2.24) is 0 Å². The van der Waals surface area contributed by atoms with Crippen LogP contribution in [0, 0.1) is 0 Å². The molecule has 0 spiro atoms. The van der Waals surface area contributed by atoms with Gasteiger partial charge < -0.3 is 56.1 Å². The molecule has 11 atom stereocenters. The van der Waals surface area contributed by atoms with Gasteiger partial charge in [0.05, 0.1) is 18.8 Å². The van der Waals surface area contributed by atoms with E-state index in [-0.39, 0.29) is 6.42 Å². The van der Waals surface area contributed by atoms with Crippen molar-refractivity contribution >= 4 is 0 Å². The van der Waals surface area contributed by atoms with Gasteiger partial charge in [-0.1, -0.05) is 30.3 Å². The minimum Gasteiger partial charge on any atom is -0.394 e. The number of hydrogen-bond donors (Lipinski definition) is 9. The summed E-state index contributed by atoms with van der Waals surface area (Å²) in [5, 5.41) is 82.2. The van der Waals surface area contributed by atoms with Crippen molar-refractivity contribution in [3.05, 3.63) is 35.9 Å². The summed E-state index contributed by atoms with van der Waals surface area (Å²) in [6.45, 7) is -0.752. The van der Waals surface area contributed by atoms with Crippen LogP contribution in [0.25, 0.3) is 0 Å². The number of hydrogen-bond acceptors (Lipinski definition) is 11. The van der Waals surface area contributed by atoms with Crippen molar-refractivity contribution in [1.29, 1.82) is 0 Å². The van der Waals surface area contributed by atoms with E-state index in [9.17, 15) is 40.9 Å². The van der Waals surface area contributed by atoms with Gasteiger partial charge in [0.15, 0.2) is 0 Å². The Kier molecular flexibility index (Phi) is 7.11. The zero-order chi connectivity index (χ0) is 22.2. The standard InChI is InChI=1S/C19H29NO10/c20-17-14(26)13(25)16(9(22)6-8-4-2-1-3-5-8)30-19(17,28)18-15(27)12(24)11(23)10(7-21)29-18/h1-5,9-18,21-28H,6-7,20H2/t9?,10-,11+,12+,13+,14+,15-,16-,17-,18-,19+/m1/s1. The van der Waals surface area contributed by atoms with Gasteiger partial charge in [-0.25, -0.2) is 0 Å². The van der Waals surface area contributed by atoms with E-state index in [0.29, 0.717) is 5.56 Å². The molecule has 10 N–H and O–H groups in total. The molecule has 1 aromatic rings. The van der Waals surface area contributed by atoms with Gasteiger partial charge in [-0.05, 0) is 5.56 Å². The predicted molar refractivity (Wildman–Crippen MR) is 99.7 cm³/mol. The van der Waals surface area contributed by atoms with Crippen LogP contribution in [-0.4, -0.2) is 114 Å². The maximum absolute atomic E-state index is 11.1. The Balaban J connectivity index is 1.87. The third-order valence-corrected chi connectivity index (χ3v) is 5.82. The van der Waals surface area contributed by atoms with Gasteiger partial charge in [0, 0.05) is 6.42 Å². The van der Waals surface area contributed by atoms with Crippen LogP contribution in [-0.2, 0) is 15.9 Å². The average molecular weight is 431 g/mol. The molecule has 0 radical (unpaired) electrons. The molecule has 1 aromatic carbocycles. The summed E-state index contributed by atoms with van der Waals surface area (Å²) in [7, 11) is 0. The van der Waals surface area contributed by atoms with Crippen molar-refractivity contribution in [2.45, 2.75) is 73.2 Å². The highest BCUT2D eigenvalue weighted by atomic mass is 16.7. The summed E-state index contributed by atoms with van der Waals surface area (Å²) in [4.78, 5) is 0. The molecule has 0 bridgehead atoms. The molecule has 2 heterocycles. The van der Waals surface area contributed by atoms with Crippen LogP contribution in [0.5, 0.6) is 0 Å². The maximum Gasteiger partial charge on any atom is 0.213 e. The van der Waals surface area contributed by atoms with Gasteiger partial charge >= 0.3 is 0 Å². The fourth-order valence-electron chi connectivity index (χ4n) is 4.00. The Labute approximate surface area is 172 Å². The second kappa shape index (κ2) is 9.10. The SMILES string of the molecule is N[C@@H]1[C@@H](O)[C@H](O)[C@@H](C(O)Cc2ccccc2)O[C@]1(O)[C@@H]1O[C@H](CO)[C@H](O)[C@H](O)[C@H]1O. The molecule has 2 fully saturated rings. The normalized spacial score (nSPS) is 45.8. The number of rotatable bonds is 5. The quantitative estimate of drug-likeness (QED) is 0.217. The van der Waals surface area contributed by atoms with Crippen LogP contribution in [0.15, 0.2) is 30.3 Å². The van der Waals surface area contributed by atoms with Crippen molar-refractivity contribution in [2.75, 3.05) is 6.61 Å². The Morgan fingerprint density at radius 2 is 1.57 bits per heavy atom. The second-order valence-electron chi connectivity index (χ2n) is 7.85. The number of aliphatic hydroxyl groups excluding tert-OH is 7. The van der Waals surface area contributed by atoms with Crippen molar-refractivity contribution in [3.8, 4) is 0 Å². The number of ether oxygens (including phenoxy) is 2. The molecule has 0 saturated carbocycles. The molecule has 11 nitrogen and oxygen atoms in total. The third-order valence-electron chi connectivity index (χ3n) is 5.82. The smallest absolute Gasteiger partial charge is 0.213 e. The van der Waals surface area contributed by atoms with Crippen LogP contribution in [0.3, 0.4) is 0 Å². The van der Waals surface area contributed by atoms with E-state index in [1.54, 1.807) is 30.3 Å². The zero-order valence-corrected chi connectivity index (χ0v) is 16.0. The maximum atomic E-state index is 11.1. The summed E-state index contributed by atoms with van der Waals surface area (Å²) in [5.41, 5.74) is 6.55. The number of benzene rings is 1. The molecule has 3 rings (SSSR count). The number of aliphatic hydroxyl groups is 8. The molecule has 11 heteroatoms. The second-order valence-corrected chi connectivity index (χ2v) is 7.85. The molecule has 0 aliphatic carbocycles. The van der Waals surface area contributed by atoms with E-state index in [0.717, 1.165) is 0 Å². The summed E-state index contributed by atoms with van der Waals surface area (Å²) in [5.74, 6) is -2.67. The molecule has 0 aromatic heterocycles. The lowest BCUT2D eigenvalue weighted by Crippen LogP contribution is -2.77. The molecule has 30 heavy (non-hydrogen) atoms. The lowest BCUT2D eigenvalue weighted by molar-refractivity contribution is -0.387. The first-order valence-electron chi connectivity index (χ1n) is 9.66. The van der Waals surface area contributed by atoms with E-state index < -0.39 is 73.4 Å². The average Bonchev–Trinajstić information content (AvgIpc) is 2.74. The van der Waals surface area contributed by atoms with Gasteiger partial charge in [0.1, 0.15) is 48.8 Å². The van der Waals surface area contributed by atoms with Gasteiger partial charge in [-0.2, -0.15) is 0 Å². The largest absolute Gasteiger partial charge is 0.394 e. The highest BCUT2D eigenvalue weighted by Gasteiger charge is 2.62. The molecular formula is C19H29NO10. The molecule has 0 amide bonds. The van der Waals surface area contributed by atoms with Gasteiger partial charge in [-0.3, -0.25) is 0 Å². The summed E-state index contributed by atoms with van der Waals surface area (Å²) < 4.78 is 10.8. The van der Waals surface area contributed by atoms with E-state index in [4.69, 9.17) is 15.2 Å². The summed E-state index contributed by atoms with van der Waals surface area (Å²) in [6, 6.07) is 7.01. The monoisotopic (exact) mass is 431 g/mol. The summed E-state index contributed by atoms with van der Waals surface area (Å²) in [6.07, 6.45) is -14.9. The van der Waals surface area contributed by atoms with E-state index in [1.807, 2.05) is 0 Å². The minimum absolute atomic E-state index is 0.00921. The molecule has 2 aliphatic heterocycles. The Morgan fingerprint density at radius 1 is 0.933 bits per heavy atom. The van der Waals surface area contributed by atoms with Gasteiger partial charge in [-0.15, -0.1) is 0 Å². The summed E-state index contributed by atoms with van der Waals surface area (Å²) >= 11 is 0. The van der Waals surface area contributed by atoms with E-state index >= 15 is 0 Å². The van der Waals surface area contributed by atoms with Crippen LogP contribution < -0.4 is 5.73 Å².